The minimum absolute atomic E-state index is 0.0444. The Balaban J connectivity index is 1.31. The first-order chi connectivity index (χ1) is 24.0. The average molecular weight is 647 g/mol. The predicted molar refractivity (Wildman–Crippen MR) is 205 cm³/mol. The fourth-order valence-electron chi connectivity index (χ4n) is 8.96. The molecule has 0 bridgehead atoms. The Hall–Kier alpha value is -5.39. The Morgan fingerprint density at radius 3 is 2.27 bits per heavy atom. The number of ether oxygens (including phenoxy) is 1. The van der Waals surface area contributed by atoms with Crippen LogP contribution in [0.15, 0.2) is 143 Å². The van der Waals surface area contributed by atoms with E-state index >= 15 is 0 Å². The Bertz CT molecular complexity index is 2590. The molecule has 0 aliphatic carbocycles. The predicted octanol–water partition coefficient (Wildman–Crippen LogP) is 10.8. The summed E-state index contributed by atoms with van der Waals surface area (Å²) in [6.45, 7) is 6.97. The topological polar surface area (TPSA) is 15.7 Å². The standard InChI is InChI=1S/C44H31BN2OS/c1-26-13-4-8-19-34(26)47-36-25-38-40(49-39-22-11-10-21-37(39)48-38)24-29(36)30-23-27-14-5-6-15-28(27)42-41(30)45(47)33-18-12-17-32-43(33)46(42)35-20-9-7-16-31(35)44(32,2)3/h4-25H,1-3H3. The van der Waals surface area contributed by atoms with Crippen LogP contribution in [-0.4, -0.2) is 6.85 Å². The van der Waals surface area contributed by atoms with E-state index in [1.807, 2.05) is 0 Å². The number of hydrogen-bond donors (Lipinski definition) is 0. The molecule has 3 nitrogen and oxygen atoms in total. The van der Waals surface area contributed by atoms with Crippen LogP contribution < -0.4 is 25.4 Å². The van der Waals surface area contributed by atoms with Crippen molar-refractivity contribution in [1.82, 2.24) is 0 Å². The molecule has 5 heteroatoms. The number of hydrogen-bond acceptors (Lipinski definition) is 4. The van der Waals surface area contributed by atoms with Gasteiger partial charge >= 0.3 is 6.85 Å². The molecule has 0 radical (unpaired) electrons. The average Bonchev–Trinajstić information content (AvgIpc) is 3.13. The smallest absolute Gasteiger partial charge is 0.333 e. The van der Waals surface area contributed by atoms with Gasteiger partial charge < -0.3 is 14.4 Å². The second-order valence-electron chi connectivity index (χ2n) is 14.2. The first kappa shape index (κ1) is 27.6. The van der Waals surface area contributed by atoms with Gasteiger partial charge in [0, 0.05) is 39.5 Å². The number of nitrogens with zero attached hydrogens (tertiary/aromatic N) is 2. The fourth-order valence-corrected chi connectivity index (χ4v) is 9.93. The van der Waals surface area contributed by atoms with Gasteiger partial charge in [0.05, 0.1) is 21.2 Å². The molecular formula is C44H31BN2OS. The highest BCUT2D eigenvalue weighted by Crippen LogP contribution is 2.58. The molecule has 0 atom stereocenters. The molecule has 232 valence electrons. The minimum Gasteiger partial charge on any atom is -0.455 e. The monoisotopic (exact) mass is 646 g/mol. The molecule has 0 saturated heterocycles. The highest BCUT2D eigenvalue weighted by molar-refractivity contribution is 7.99. The Labute approximate surface area is 290 Å². The zero-order valence-electron chi connectivity index (χ0n) is 27.5. The fraction of sp³-hybridized carbons (Fsp3) is 0.0909. The van der Waals surface area contributed by atoms with E-state index in [0.29, 0.717) is 0 Å². The van der Waals surface area contributed by atoms with Crippen molar-refractivity contribution in [3.8, 4) is 22.6 Å². The summed E-state index contributed by atoms with van der Waals surface area (Å²) in [7, 11) is 0. The van der Waals surface area contributed by atoms with E-state index in [0.717, 1.165) is 21.3 Å². The van der Waals surface area contributed by atoms with Crippen molar-refractivity contribution in [2.75, 3.05) is 9.71 Å². The maximum absolute atomic E-state index is 6.67. The summed E-state index contributed by atoms with van der Waals surface area (Å²) in [6, 6.07) is 49.4. The second-order valence-corrected chi connectivity index (χ2v) is 15.2. The van der Waals surface area contributed by atoms with Crippen molar-refractivity contribution in [2.24, 2.45) is 0 Å². The van der Waals surface area contributed by atoms with Crippen molar-refractivity contribution < 1.29 is 4.74 Å². The molecule has 0 aromatic heterocycles. The third-order valence-corrected chi connectivity index (χ3v) is 12.3. The number of fused-ring (bicyclic) bond motifs is 10. The summed E-state index contributed by atoms with van der Waals surface area (Å²) in [4.78, 5) is 7.51. The SMILES string of the molecule is Cc1ccccc1N1B2c3cccc4c3N(c3ccccc3C4(C)C)c3c2c(cc2ccccc32)-c2cc3c(cc21)Oc1ccccc1S3. The van der Waals surface area contributed by atoms with Crippen molar-refractivity contribution >= 4 is 68.7 Å². The zero-order valence-corrected chi connectivity index (χ0v) is 28.3. The van der Waals surface area contributed by atoms with E-state index in [4.69, 9.17) is 4.74 Å². The van der Waals surface area contributed by atoms with Gasteiger partial charge in [-0.15, -0.1) is 0 Å². The van der Waals surface area contributed by atoms with Crippen LogP contribution in [0.2, 0.25) is 0 Å². The summed E-state index contributed by atoms with van der Waals surface area (Å²) in [5.41, 5.74) is 15.3. The van der Waals surface area contributed by atoms with Crippen LogP contribution in [0.1, 0.15) is 30.5 Å². The molecule has 4 aliphatic heterocycles. The first-order valence-electron chi connectivity index (χ1n) is 17.1. The van der Waals surface area contributed by atoms with Crippen molar-refractivity contribution in [3.63, 3.8) is 0 Å². The highest BCUT2D eigenvalue weighted by Gasteiger charge is 2.50. The molecule has 0 spiro atoms. The van der Waals surface area contributed by atoms with Crippen LogP contribution in [0.3, 0.4) is 0 Å². The first-order valence-corrected chi connectivity index (χ1v) is 17.9. The third kappa shape index (κ3) is 3.56. The lowest BCUT2D eigenvalue weighted by Gasteiger charge is -2.51. The van der Waals surface area contributed by atoms with E-state index in [1.165, 1.54) is 78.0 Å². The van der Waals surface area contributed by atoms with E-state index in [-0.39, 0.29) is 12.3 Å². The van der Waals surface area contributed by atoms with Gasteiger partial charge in [-0.3, -0.25) is 0 Å². The van der Waals surface area contributed by atoms with Gasteiger partial charge in [-0.25, -0.2) is 0 Å². The molecule has 4 aliphatic rings. The quantitative estimate of drug-likeness (QED) is 0.165. The molecule has 0 N–H and O–H groups in total. The molecular weight excluding hydrogens is 615 g/mol. The van der Waals surface area contributed by atoms with Crippen LogP contribution in [-0.2, 0) is 5.41 Å². The van der Waals surface area contributed by atoms with Crippen LogP contribution in [0, 0.1) is 6.92 Å². The van der Waals surface area contributed by atoms with Gasteiger partial charge in [-0.05, 0) is 81.9 Å². The van der Waals surface area contributed by atoms with Gasteiger partial charge in [-0.2, -0.15) is 0 Å². The molecule has 7 aromatic carbocycles. The van der Waals surface area contributed by atoms with Crippen molar-refractivity contribution in [3.05, 3.63) is 150 Å². The molecule has 0 amide bonds. The Morgan fingerprint density at radius 2 is 1.37 bits per heavy atom. The van der Waals surface area contributed by atoms with Gasteiger partial charge in [0.15, 0.2) is 0 Å². The third-order valence-electron chi connectivity index (χ3n) is 11.2. The molecule has 49 heavy (non-hydrogen) atoms. The van der Waals surface area contributed by atoms with Gasteiger partial charge in [-0.1, -0.05) is 117 Å². The number of benzene rings is 7. The van der Waals surface area contributed by atoms with Crippen molar-refractivity contribution in [2.45, 2.75) is 36.0 Å². The number of aryl methyl sites for hydroxylation is 1. The molecule has 7 aromatic rings. The summed E-state index contributed by atoms with van der Waals surface area (Å²) < 4.78 is 6.67. The minimum atomic E-state index is -0.166. The summed E-state index contributed by atoms with van der Waals surface area (Å²) in [5, 5.41) is 2.53. The molecule has 0 fully saturated rings. The van der Waals surface area contributed by atoms with Gasteiger partial charge in [0.1, 0.15) is 11.5 Å². The maximum atomic E-state index is 6.67. The Morgan fingerprint density at radius 1 is 0.612 bits per heavy atom. The summed E-state index contributed by atoms with van der Waals surface area (Å²) in [6.07, 6.45) is 0. The Kier molecular flexibility index (Phi) is 5.41. The van der Waals surface area contributed by atoms with Crippen LogP contribution >= 0.6 is 11.8 Å². The van der Waals surface area contributed by atoms with Gasteiger partial charge in [0.2, 0.25) is 0 Å². The van der Waals surface area contributed by atoms with Crippen LogP contribution in [0.5, 0.6) is 11.5 Å². The zero-order chi connectivity index (χ0) is 32.6. The molecule has 0 unspecified atom stereocenters. The number of para-hydroxylation sites is 4. The number of anilines is 5. The lowest BCUT2D eigenvalue weighted by Crippen LogP contribution is -2.62. The van der Waals surface area contributed by atoms with E-state index < -0.39 is 0 Å². The summed E-state index contributed by atoms with van der Waals surface area (Å²) >= 11 is 1.80. The molecule has 11 rings (SSSR count). The van der Waals surface area contributed by atoms with Gasteiger partial charge in [0.25, 0.3) is 0 Å². The normalized spacial score (nSPS) is 15.4. The van der Waals surface area contributed by atoms with E-state index in [2.05, 4.69) is 164 Å². The molecule has 0 saturated carbocycles. The van der Waals surface area contributed by atoms with Crippen LogP contribution in [0.4, 0.5) is 28.4 Å². The highest BCUT2D eigenvalue weighted by atomic mass is 32.2. The lowest BCUT2D eigenvalue weighted by molar-refractivity contribution is 0.455. The summed E-state index contributed by atoms with van der Waals surface area (Å²) in [5.74, 6) is 1.83. The van der Waals surface area contributed by atoms with E-state index in [1.54, 1.807) is 11.8 Å². The second kappa shape index (κ2) is 9.61. The molecule has 4 heterocycles. The maximum Gasteiger partial charge on any atom is 0.333 e. The van der Waals surface area contributed by atoms with Crippen molar-refractivity contribution in [1.29, 1.82) is 0 Å². The van der Waals surface area contributed by atoms with E-state index in [9.17, 15) is 0 Å². The van der Waals surface area contributed by atoms with Crippen LogP contribution in [0.25, 0.3) is 21.9 Å². The largest absolute Gasteiger partial charge is 0.455 e. The number of rotatable bonds is 1. The lowest BCUT2D eigenvalue weighted by atomic mass is 9.42.